The van der Waals surface area contributed by atoms with Gasteiger partial charge in [-0.25, -0.2) is 4.98 Å². The Morgan fingerprint density at radius 2 is 1.96 bits per heavy atom. The quantitative estimate of drug-likeness (QED) is 0.890. The standard InChI is InChI=1S/C17H17N5O2/c23-16-10-13-12(2-1-3-14(13)20-16)17(24)22-8-6-21(7-9-22)15-11-18-4-5-19-15/h1-5,11H,6-10H2,(H,20,23). The summed E-state index contributed by atoms with van der Waals surface area (Å²) in [5.41, 5.74) is 2.19. The van der Waals surface area contributed by atoms with Crippen LogP contribution in [-0.4, -0.2) is 52.9 Å². The molecule has 0 bridgehead atoms. The Balaban J connectivity index is 1.48. The topological polar surface area (TPSA) is 78.4 Å². The van der Waals surface area contributed by atoms with E-state index in [9.17, 15) is 9.59 Å². The van der Waals surface area contributed by atoms with Crippen molar-refractivity contribution in [3.8, 4) is 0 Å². The van der Waals surface area contributed by atoms with Gasteiger partial charge >= 0.3 is 0 Å². The summed E-state index contributed by atoms with van der Waals surface area (Å²) in [5.74, 6) is 0.764. The number of fused-ring (bicyclic) bond motifs is 1. The highest BCUT2D eigenvalue weighted by Gasteiger charge is 2.28. The summed E-state index contributed by atoms with van der Waals surface area (Å²) < 4.78 is 0. The first kappa shape index (κ1) is 14.6. The van der Waals surface area contributed by atoms with Gasteiger partial charge in [0.15, 0.2) is 0 Å². The zero-order valence-electron chi connectivity index (χ0n) is 13.1. The zero-order valence-corrected chi connectivity index (χ0v) is 13.1. The number of rotatable bonds is 2. The molecule has 3 heterocycles. The van der Waals surface area contributed by atoms with Gasteiger partial charge in [-0.2, -0.15) is 0 Å². The lowest BCUT2D eigenvalue weighted by molar-refractivity contribution is -0.115. The van der Waals surface area contributed by atoms with E-state index in [2.05, 4.69) is 20.2 Å². The van der Waals surface area contributed by atoms with Gasteiger partial charge in [0.25, 0.3) is 5.91 Å². The Labute approximate surface area is 139 Å². The predicted octanol–water partition coefficient (Wildman–Crippen LogP) is 0.934. The summed E-state index contributed by atoms with van der Waals surface area (Å²) >= 11 is 0. The first-order valence-corrected chi connectivity index (χ1v) is 7.94. The summed E-state index contributed by atoms with van der Waals surface area (Å²) in [6.45, 7) is 2.69. The third kappa shape index (κ3) is 2.58. The number of benzene rings is 1. The molecule has 1 fully saturated rings. The molecule has 1 aromatic carbocycles. The first-order chi connectivity index (χ1) is 11.7. The van der Waals surface area contributed by atoms with Crippen molar-refractivity contribution in [2.75, 3.05) is 36.4 Å². The molecule has 2 aromatic rings. The summed E-state index contributed by atoms with van der Waals surface area (Å²) in [7, 11) is 0. The maximum atomic E-state index is 12.8. The highest BCUT2D eigenvalue weighted by molar-refractivity contribution is 6.05. The lowest BCUT2D eigenvalue weighted by atomic mass is 10.0. The highest BCUT2D eigenvalue weighted by Crippen LogP contribution is 2.27. The van der Waals surface area contributed by atoms with E-state index in [-0.39, 0.29) is 18.2 Å². The second kappa shape index (κ2) is 5.92. The van der Waals surface area contributed by atoms with Crippen LogP contribution in [0.2, 0.25) is 0 Å². The van der Waals surface area contributed by atoms with E-state index in [4.69, 9.17) is 0 Å². The number of hydrogen-bond donors (Lipinski definition) is 1. The third-order valence-electron chi connectivity index (χ3n) is 4.46. The van der Waals surface area contributed by atoms with Crippen LogP contribution in [0.4, 0.5) is 11.5 Å². The van der Waals surface area contributed by atoms with Gasteiger partial charge in [0.1, 0.15) is 5.82 Å². The fourth-order valence-corrected chi connectivity index (χ4v) is 3.21. The fraction of sp³-hybridized carbons (Fsp3) is 0.294. The van der Waals surface area contributed by atoms with Crippen molar-refractivity contribution in [1.29, 1.82) is 0 Å². The van der Waals surface area contributed by atoms with Gasteiger partial charge in [0.05, 0.1) is 12.6 Å². The maximum absolute atomic E-state index is 12.8. The number of piperazine rings is 1. The minimum absolute atomic E-state index is 0.0119. The number of nitrogens with one attached hydrogen (secondary N) is 1. The Morgan fingerprint density at radius 1 is 1.12 bits per heavy atom. The smallest absolute Gasteiger partial charge is 0.254 e. The van der Waals surface area contributed by atoms with Crippen LogP contribution < -0.4 is 10.2 Å². The van der Waals surface area contributed by atoms with Gasteiger partial charge in [-0.1, -0.05) is 6.07 Å². The Bertz CT molecular complexity index is 785. The summed E-state index contributed by atoms with van der Waals surface area (Å²) in [4.78, 5) is 36.8. The summed E-state index contributed by atoms with van der Waals surface area (Å²) in [6.07, 6.45) is 5.33. The SMILES string of the molecule is O=C1Cc2c(cccc2C(=O)N2CCN(c3cnccn3)CC2)N1. The molecule has 0 saturated carbocycles. The number of hydrogen-bond acceptors (Lipinski definition) is 5. The number of anilines is 2. The monoisotopic (exact) mass is 323 g/mol. The average Bonchev–Trinajstić information content (AvgIpc) is 3.02. The van der Waals surface area contributed by atoms with Crippen LogP contribution in [0, 0.1) is 0 Å². The molecule has 0 radical (unpaired) electrons. The van der Waals surface area contributed by atoms with E-state index in [1.54, 1.807) is 24.7 Å². The molecule has 7 heteroatoms. The molecule has 4 rings (SSSR count). The molecule has 1 N–H and O–H groups in total. The first-order valence-electron chi connectivity index (χ1n) is 7.94. The molecule has 7 nitrogen and oxygen atoms in total. The Morgan fingerprint density at radius 3 is 2.71 bits per heavy atom. The van der Waals surface area contributed by atoms with Crippen molar-refractivity contribution in [2.24, 2.45) is 0 Å². The van der Waals surface area contributed by atoms with Crippen LogP contribution in [0.3, 0.4) is 0 Å². The molecular formula is C17H17N5O2. The van der Waals surface area contributed by atoms with Gasteiger partial charge in [-0.3, -0.25) is 14.6 Å². The lowest BCUT2D eigenvalue weighted by Gasteiger charge is -2.35. The minimum Gasteiger partial charge on any atom is -0.352 e. The fourth-order valence-electron chi connectivity index (χ4n) is 3.21. The van der Waals surface area contributed by atoms with Crippen LogP contribution >= 0.6 is 0 Å². The van der Waals surface area contributed by atoms with Crippen LogP contribution in [0.15, 0.2) is 36.8 Å². The second-order valence-electron chi connectivity index (χ2n) is 5.90. The minimum atomic E-state index is -0.0577. The molecule has 24 heavy (non-hydrogen) atoms. The molecule has 2 aliphatic rings. The molecule has 0 aliphatic carbocycles. The third-order valence-corrected chi connectivity index (χ3v) is 4.46. The van der Waals surface area contributed by atoms with E-state index in [1.807, 2.05) is 17.0 Å². The number of aromatic nitrogens is 2. The van der Waals surface area contributed by atoms with E-state index in [0.717, 1.165) is 30.2 Å². The van der Waals surface area contributed by atoms with Crippen LogP contribution in [0.1, 0.15) is 15.9 Å². The van der Waals surface area contributed by atoms with Gasteiger partial charge in [0, 0.05) is 49.8 Å². The van der Waals surface area contributed by atoms with Gasteiger partial charge in [-0.15, -0.1) is 0 Å². The predicted molar refractivity (Wildman–Crippen MR) is 88.9 cm³/mol. The van der Waals surface area contributed by atoms with Crippen molar-refractivity contribution >= 4 is 23.3 Å². The van der Waals surface area contributed by atoms with Crippen molar-refractivity contribution in [1.82, 2.24) is 14.9 Å². The lowest BCUT2D eigenvalue weighted by Crippen LogP contribution is -2.49. The molecule has 0 unspecified atom stereocenters. The average molecular weight is 323 g/mol. The number of carbonyl (C=O) groups is 2. The van der Waals surface area contributed by atoms with E-state index >= 15 is 0 Å². The maximum Gasteiger partial charge on any atom is 0.254 e. The van der Waals surface area contributed by atoms with Gasteiger partial charge < -0.3 is 15.1 Å². The van der Waals surface area contributed by atoms with Gasteiger partial charge in [0.2, 0.25) is 5.91 Å². The normalized spacial score (nSPS) is 16.8. The largest absolute Gasteiger partial charge is 0.352 e. The summed E-state index contributed by atoms with van der Waals surface area (Å²) in [6, 6.07) is 5.45. The van der Waals surface area contributed by atoms with Crippen molar-refractivity contribution in [3.05, 3.63) is 47.9 Å². The van der Waals surface area contributed by atoms with Crippen LogP contribution in [0.25, 0.3) is 0 Å². The molecule has 122 valence electrons. The van der Waals surface area contributed by atoms with Crippen LogP contribution in [-0.2, 0) is 11.2 Å². The molecule has 2 amide bonds. The second-order valence-corrected chi connectivity index (χ2v) is 5.90. The number of amides is 2. The molecular weight excluding hydrogens is 306 g/mol. The Hall–Kier alpha value is -2.96. The van der Waals surface area contributed by atoms with Crippen molar-refractivity contribution in [2.45, 2.75) is 6.42 Å². The van der Waals surface area contributed by atoms with Crippen molar-refractivity contribution in [3.63, 3.8) is 0 Å². The van der Waals surface area contributed by atoms with E-state index in [1.165, 1.54) is 0 Å². The van der Waals surface area contributed by atoms with E-state index in [0.29, 0.717) is 18.7 Å². The molecule has 1 aromatic heterocycles. The zero-order chi connectivity index (χ0) is 16.5. The summed E-state index contributed by atoms with van der Waals surface area (Å²) in [5, 5.41) is 2.79. The number of carbonyl (C=O) groups excluding carboxylic acids is 2. The molecule has 2 aliphatic heterocycles. The molecule has 0 atom stereocenters. The molecule has 1 saturated heterocycles. The number of nitrogens with zero attached hydrogens (tertiary/aromatic N) is 4. The molecule has 0 spiro atoms. The Kier molecular flexibility index (Phi) is 3.60. The van der Waals surface area contributed by atoms with Crippen molar-refractivity contribution < 1.29 is 9.59 Å². The van der Waals surface area contributed by atoms with Crippen LogP contribution in [0.5, 0.6) is 0 Å². The highest BCUT2D eigenvalue weighted by atomic mass is 16.2. The van der Waals surface area contributed by atoms with Gasteiger partial charge in [-0.05, 0) is 17.7 Å². The van der Waals surface area contributed by atoms with E-state index < -0.39 is 0 Å².